The van der Waals surface area contributed by atoms with Crippen LogP contribution in [0, 0.1) is 0 Å². The summed E-state index contributed by atoms with van der Waals surface area (Å²) in [5.41, 5.74) is 2.55. The van der Waals surface area contributed by atoms with Crippen molar-refractivity contribution in [1.29, 1.82) is 0 Å². The topological polar surface area (TPSA) is 12.0 Å². The molecule has 2 rings (SSSR count). The molecule has 0 spiro atoms. The van der Waals surface area contributed by atoms with E-state index in [2.05, 4.69) is 88.1 Å². The van der Waals surface area contributed by atoms with E-state index in [9.17, 15) is 0 Å². The fraction of sp³-hybridized carbons (Fsp3) is 0.333. The molecule has 0 aliphatic rings. The van der Waals surface area contributed by atoms with Crippen molar-refractivity contribution in [2.75, 3.05) is 6.54 Å². The quantitative estimate of drug-likeness (QED) is 0.423. The normalized spacial score (nSPS) is 11.5. The SMILES string of the molecule is CCCNC(c1cc(Br)sc1Br)c1cc(Br)sc1Br. The van der Waals surface area contributed by atoms with Crippen LogP contribution in [0.5, 0.6) is 0 Å². The van der Waals surface area contributed by atoms with Gasteiger partial charge in [-0.25, -0.2) is 0 Å². The van der Waals surface area contributed by atoms with Crippen LogP contribution in [0.2, 0.25) is 0 Å². The van der Waals surface area contributed by atoms with Crippen molar-refractivity contribution in [1.82, 2.24) is 5.32 Å². The van der Waals surface area contributed by atoms with Crippen molar-refractivity contribution in [2.45, 2.75) is 19.4 Å². The molecule has 0 bridgehead atoms. The van der Waals surface area contributed by atoms with Crippen LogP contribution in [0.4, 0.5) is 0 Å². The molecule has 2 heterocycles. The maximum atomic E-state index is 3.66. The Labute approximate surface area is 154 Å². The number of hydrogen-bond acceptors (Lipinski definition) is 3. The summed E-state index contributed by atoms with van der Waals surface area (Å²) in [6.07, 6.45) is 1.11. The lowest BCUT2D eigenvalue weighted by Gasteiger charge is -2.18. The third-order valence-electron chi connectivity index (χ3n) is 2.59. The largest absolute Gasteiger partial charge is 0.306 e. The Balaban J connectivity index is 2.41. The summed E-state index contributed by atoms with van der Waals surface area (Å²) >= 11 is 17.9. The van der Waals surface area contributed by atoms with Crippen LogP contribution >= 0.6 is 86.4 Å². The third kappa shape index (κ3) is 4.14. The molecule has 2 aromatic heterocycles. The standard InChI is InChI=1S/C12H11Br4NS2/c1-2-3-17-10(6-4-8(13)18-11(6)15)7-5-9(14)19-12(7)16/h4-5,10,17H,2-3H2,1H3. The number of nitrogens with one attached hydrogen (secondary N) is 1. The minimum Gasteiger partial charge on any atom is -0.306 e. The van der Waals surface area contributed by atoms with E-state index in [0.717, 1.165) is 20.5 Å². The molecule has 0 atom stereocenters. The molecule has 0 saturated carbocycles. The van der Waals surface area contributed by atoms with E-state index >= 15 is 0 Å². The first-order chi connectivity index (χ1) is 9.02. The van der Waals surface area contributed by atoms with Crippen molar-refractivity contribution in [3.63, 3.8) is 0 Å². The van der Waals surface area contributed by atoms with Crippen LogP contribution in [0.25, 0.3) is 0 Å². The summed E-state index contributed by atoms with van der Waals surface area (Å²) < 4.78 is 4.62. The first-order valence-electron chi connectivity index (χ1n) is 5.65. The molecule has 1 N–H and O–H groups in total. The Morgan fingerprint density at radius 1 is 1.00 bits per heavy atom. The van der Waals surface area contributed by atoms with Gasteiger partial charge in [0, 0.05) is 0 Å². The Bertz CT molecular complexity index is 518. The van der Waals surface area contributed by atoms with E-state index in [-0.39, 0.29) is 6.04 Å². The van der Waals surface area contributed by atoms with Crippen molar-refractivity contribution in [3.05, 3.63) is 38.4 Å². The summed E-state index contributed by atoms with van der Waals surface area (Å²) in [5, 5.41) is 3.62. The lowest BCUT2D eigenvalue weighted by molar-refractivity contribution is 0.598. The van der Waals surface area contributed by atoms with Crippen molar-refractivity contribution in [2.24, 2.45) is 0 Å². The van der Waals surface area contributed by atoms with Gasteiger partial charge in [0.15, 0.2) is 0 Å². The molecule has 0 radical (unpaired) electrons. The number of halogens is 4. The van der Waals surface area contributed by atoms with Gasteiger partial charge in [-0.3, -0.25) is 0 Å². The van der Waals surface area contributed by atoms with Crippen LogP contribution in [-0.4, -0.2) is 6.54 Å². The molecule has 7 heteroatoms. The molecule has 104 valence electrons. The van der Waals surface area contributed by atoms with Crippen LogP contribution in [-0.2, 0) is 0 Å². The van der Waals surface area contributed by atoms with Gasteiger partial charge in [-0.2, -0.15) is 0 Å². The second kappa shape index (κ2) is 7.51. The van der Waals surface area contributed by atoms with Gasteiger partial charge < -0.3 is 5.32 Å². The Morgan fingerprint density at radius 2 is 1.47 bits per heavy atom. The highest BCUT2D eigenvalue weighted by Crippen LogP contribution is 2.42. The molecular formula is C12H11Br4NS2. The first-order valence-corrected chi connectivity index (χ1v) is 10.5. The van der Waals surface area contributed by atoms with Crippen LogP contribution in [0.3, 0.4) is 0 Å². The molecule has 0 unspecified atom stereocenters. The van der Waals surface area contributed by atoms with E-state index in [1.807, 2.05) is 0 Å². The maximum absolute atomic E-state index is 3.66. The Morgan fingerprint density at radius 3 is 1.79 bits per heavy atom. The summed E-state index contributed by atoms with van der Waals surface area (Å²) in [6.45, 7) is 3.17. The van der Waals surface area contributed by atoms with E-state index in [0.29, 0.717) is 0 Å². The minimum atomic E-state index is 0.203. The summed E-state index contributed by atoms with van der Waals surface area (Å²) in [5.74, 6) is 0. The van der Waals surface area contributed by atoms with Crippen LogP contribution < -0.4 is 5.32 Å². The zero-order valence-corrected chi connectivity index (χ0v) is 18.0. The molecule has 2 aromatic rings. The van der Waals surface area contributed by atoms with E-state index in [4.69, 9.17) is 0 Å². The average molecular weight is 553 g/mol. The molecule has 0 aliphatic heterocycles. The van der Waals surface area contributed by atoms with Gasteiger partial charge >= 0.3 is 0 Å². The molecule has 0 amide bonds. The fourth-order valence-corrected chi connectivity index (χ4v) is 7.58. The van der Waals surface area contributed by atoms with Gasteiger partial charge in [0.25, 0.3) is 0 Å². The minimum absolute atomic E-state index is 0.203. The molecule has 0 aliphatic carbocycles. The average Bonchev–Trinajstić information content (AvgIpc) is 2.83. The molecule has 19 heavy (non-hydrogen) atoms. The van der Waals surface area contributed by atoms with Crippen molar-refractivity contribution >= 4 is 86.4 Å². The van der Waals surface area contributed by atoms with E-state index in [1.165, 1.54) is 18.7 Å². The second-order valence-electron chi connectivity index (χ2n) is 3.95. The first kappa shape index (κ1) is 16.6. The Kier molecular flexibility index (Phi) is 6.58. The molecule has 0 saturated heterocycles. The van der Waals surface area contributed by atoms with Crippen molar-refractivity contribution in [3.8, 4) is 0 Å². The lowest BCUT2D eigenvalue weighted by atomic mass is 10.0. The summed E-state index contributed by atoms with van der Waals surface area (Å²) in [7, 11) is 0. The van der Waals surface area contributed by atoms with Gasteiger partial charge in [-0.15, -0.1) is 22.7 Å². The molecule has 1 nitrogen and oxygen atoms in total. The fourth-order valence-electron chi connectivity index (χ4n) is 1.78. The van der Waals surface area contributed by atoms with Gasteiger partial charge in [0.2, 0.25) is 0 Å². The smallest absolute Gasteiger partial charge is 0.0761 e. The monoisotopic (exact) mass is 549 g/mol. The van der Waals surface area contributed by atoms with E-state index in [1.54, 1.807) is 22.7 Å². The van der Waals surface area contributed by atoms with Crippen LogP contribution in [0.15, 0.2) is 27.3 Å². The number of thiophene rings is 2. The highest BCUT2D eigenvalue weighted by Gasteiger charge is 2.22. The summed E-state index contributed by atoms with van der Waals surface area (Å²) in [6, 6.07) is 4.56. The lowest BCUT2D eigenvalue weighted by Crippen LogP contribution is -2.22. The molecule has 0 fully saturated rings. The van der Waals surface area contributed by atoms with Crippen LogP contribution in [0.1, 0.15) is 30.5 Å². The van der Waals surface area contributed by atoms with E-state index < -0.39 is 0 Å². The summed E-state index contributed by atoms with van der Waals surface area (Å²) in [4.78, 5) is 0. The van der Waals surface area contributed by atoms with Gasteiger partial charge in [0.05, 0.1) is 21.2 Å². The van der Waals surface area contributed by atoms with Gasteiger partial charge in [0.1, 0.15) is 0 Å². The maximum Gasteiger partial charge on any atom is 0.0761 e. The predicted octanol–water partition coefficient (Wildman–Crippen LogP) is 6.95. The second-order valence-corrected chi connectivity index (χ2v) is 11.4. The predicted molar refractivity (Wildman–Crippen MR) is 99.6 cm³/mol. The van der Waals surface area contributed by atoms with Crippen molar-refractivity contribution < 1.29 is 0 Å². The number of hydrogen-bond donors (Lipinski definition) is 1. The highest BCUT2D eigenvalue weighted by molar-refractivity contribution is 9.12. The molecule has 0 aromatic carbocycles. The van der Waals surface area contributed by atoms with Gasteiger partial charge in [-0.05, 0) is 99.9 Å². The Hall–Kier alpha value is 1.28. The third-order valence-corrected chi connectivity index (χ3v) is 7.36. The molecular weight excluding hydrogens is 542 g/mol. The van der Waals surface area contributed by atoms with Gasteiger partial charge in [-0.1, -0.05) is 6.92 Å². The zero-order chi connectivity index (χ0) is 14.0. The number of rotatable bonds is 5. The zero-order valence-electron chi connectivity index (χ0n) is 9.97. The highest BCUT2D eigenvalue weighted by atomic mass is 79.9.